The van der Waals surface area contributed by atoms with E-state index in [4.69, 9.17) is 0 Å². The van der Waals surface area contributed by atoms with Crippen LogP contribution in [0.25, 0.3) is 11.1 Å². The molecular weight excluding hydrogens is 325 g/mol. The van der Waals surface area contributed by atoms with Gasteiger partial charge in [0.05, 0.1) is 35.3 Å². The average molecular weight is 340 g/mol. The molecule has 0 amide bonds. The lowest BCUT2D eigenvalue weighted by Gasteiger charge is -2.20. The highest BCUT2D eigenvalue weighted by Crippen LogP contribution is 2.42. The third kappa shape index (κ3) is 3.05. The quantitative estimate of drug-likeness (QED) is 0.653. The Morgan fingerprint density at radius 3 is 2.38 bits per heavy atom. The third-order valence-electron chi connectivity index (χ3n) is 3.56. The van der Waals surface area contributed by atoms with E-state index in [1.165, 1.54) is 32.0 Å². The number of hydrogen-bond donors (Lipinski definition) is 2. The predicted molar refractivity (Wildman–Crippen MR) is 80.9 cm³/mol. The Morgan fingerprint density at radius 1 is 1.21 bits per heavy atom. The standard InChI is InChI=1S/C16H15F3N2O3/c1-8-12(15(22)24-3)13(14(21-23)9(2)20-8)10-6-4-5-7-11(10)16(17,18)19/h4-7,21,23H,1-3H3. The number of benzene rings is 1. The van der Waals surface area contributed by atoms with Crippen LogP contribution in [0.15, 0.2) is 24.3 Å². The highest BCUT2D eigenvalue weighted by atomic mass is 19.4. The topological polar surface area (TPSA) is 71.5 Å². The van der Waals surface area contributed by atoms with Gasteiger partial charge in [0.25, 0.3) is 0 Å². The molecule has 0 spiro atoms. The van der Waals surface area contributed by atoms with Gasteiger partial charge < -0.3 is 4.74 Å². The summed E-state index contributed by atoms with van der Waals surface area (Å²) >= 11 is 0. The SMILES string of the molecule is COC(=O)c1c(C)nc(C)c(NO)c1-c1ccccc1C(F)(F)F. The molecule has 2 aromatic rings. The molecule has 0 aliphatic rings. The second-order valence-corrected chi connectivity index (χ2v) is 5.05. The maximum absolute atomic E-state index is 13.4. The van der Waals surface area contributed by atoms with E-state index >= 15 is 0 Å². The molecule has 5 nitrogen and oxygen atoms in total. The van der Waals surface area contributed by atoms with Gasteiger partial charge in [-0.2, -0.15) is 13.2 Å². The summed E-state index contributed by atoms with van der Waals surface area (Å²) in [5, 5.41) is 9.40. The van der Waals surface area contributed by atoms with E-state index in [2.05, 4.69) is 9.72 Å². The number of aryl methyl sites for hydroxylation is 2. The van der Waals surface area contributed by atoms with Gasteiger partial charge in [-0.3, -0.25) is 15.7 Å². The summed E-state index contributed by atoms with van der Waals surface area (Å²) in [6.07, 6.45) is -4.64. The summed E-state index contributed by atoms with van der Waals surface area (Å²) < 4.78 is 44.8. The van der Waals surface area contributed by atoms with Crippen molar-refractivity contribution < 1.29 is 27.9 Å². The molecule has 0 radical (unpaired) electrons. The molecule has 2 N–H and O–H groups in total. The second kappa shape index (κ2) is 6.48. The van der Waals surface area contributed by atoms with Gasteiger partial charge in [-0.25, -0.2) is 4.79 Å². The summed E-state index contributed by atoms with van der Waals surface area (Å²) in [7, 11) is 1.12. The number of nitrogens with zero attached hydrogens (tertiary/aromatic N) is 1. The number of carbonyl (C=O) groups excluding carboxylic acids is 1. The van der Waals surface area contributed by atoms with E-state index in [9.17, 15) is 23.2 Å². The molecule has 0 atom stereocenters. The highest BCUT2D eigenvalue weighted by Gasteiger charge is 2.35. The Balaban J connectivity index is 2.96. The monoisotopic (exact) mass is 340 g/mol. The number of carbonyl (C=O) groups is 1. The van der Waals surface area contributed by atoms with E-state index in [0.717, 1.165) is 13.2 Å². The van der Waals surface area contributed by atoms with Gasteiger partial charge in [-0.15, -0.1) is 0 Å². The predicted octanol–water partition coefficient (Wildman–Crippen LogP) is 3.97. The molecule has 1 heterocycles. The molecule has 0 saturated carbocycles. The van der Waals surface area contributed by atoms with E-state index in [1.807, 2.05) is 5.48 Å². The lowest BCUT2D eigenvalue weighted by Crippen LogP contribution is -2.14. The number of rotatable bonds is 3. The Kier molecular flexibility index (Phi) is 4.79. The van der Waals surface area contributed by atoms with Crippen molar-refractivity contribution in [3.63, 3.8) is 0 Å². The van der Waals surface area contributed by atoms with Crippen molar-refractivity contribution in [1.29, 1.82) is 0 Å². The number of aromatic nitrogens is 1. The van der Waals surface area contributed by atoms with Crippen molar-refractivity contribution in [3.8, 4) is 11.1 Å². The Bertz CT molecular complexity index is 789. The van der Waals surface area contributed by atoms with E-state index in [0.29, 0.717) is 0 Å². The molecule has 1 aromatic carbocycles. The number of halogens is 3. The second-order valence-electron chi connectivity index (χ2n) is 5.05. The lowest BCUT2D eigenvalue weighted by molar-refractivity contribution is -0.137. The molecule has 0 fully saturated rings. The first kappa shape index (κ1) is 17.7. The zero-order valence-electron chi connectivity index (χ0n) is 13.2. The van der Waals surface area contributed by atoms with Gasteiger partial charge in [-0.1, -0.05) is 18.2 Å². The van der Waals surface area contributed by atoms with Gasteiger partial charge in [0, 0.05) is 5.56 Å². The molecule has 1 aromatic heterocycles. The van der Waals surface area contributed by atoms with Gasteiger partial charge >= 0.3 is 12.1 Å². The fourth-order valence-corrected chi connectivity index (χ4v) is 2.56. The summed E-state index contributed by atoms with van der Waals surface area (Å²) in [5.74, 6) is -0.844. The number of methoxy groups -OCH3 is 1. The van der Waals surface area contributed by atoms with E-state index in [-0.39, 0.29) is 33.8 Å². The molecule has 0 bridgehead atoms. The first-order valence-corrected chi connectivity index (χ1v) is 6.88. The van der Waals surface area contributed by atoms with Crippen LogP contribution in [0.2, 0.25) is 0 Å². The number of alkyl halides is 3. The number of anilines is 1. The molecule has 0 unspecified atom stereocenters. The zero-order chi connectivity index (χ0) is 18.1. The summed E-state index contributed by atoms with van der Waals surface area (Å²) in [4.78, 5) is 16.2. The normalized spacial score (nSPS) is 11.3. The summed E-state index contributed by atoms with van der Waals surface area (Å²) in [5.41, 5.74) is 0.770. The molecule has 0 aliphatic heterocycles. The zero-order valence-corrected chi connectivity index (χ0v) is 13.2. The highest BCUT2D eigenvalue weighted by molar-refractivity contribution is 6.02. The van der Waals surface area contributed by atoms with Crippen molar-refractivity contribution in [2.24, 2.45) is 0 Å². The number of nitrogens with one attached hydrogen (secondary N) is 1. The Hall–Kier alpha value is -2.61. The minimum Gasteiger partial charge on any atom is -0.465 e. The minimum absolute atomic E-state index is 0.0855. The lowest BCUT2D eigenvalue weighted by atomic mass is 9.92. The van der Waals surface area contributed by atoms with Crippen LogP contribution in [0, 0.1) is 13.8 Å². The Labute approximate surface area is 136 Å². The largest absolute Gasteiger partial charge is 0.465 e. The summed E-state index contributed by atoms with van der Waals surface area (Å²) in [6, 6.07) is 4.79. The maximum Gasteiger partial charge on any atom is 0.417 e. The first-order valence-electron chi connectivity index (χ1n) is 6.88. The van der Waals surface area contributed by atoms with E-state index < -0.39 is 17.7 Å². The molecule has 0 saturated heterocycles. The van der Waals surface area contributed by atoms with Crippen LogP contribution in [0.3, 0.4) is 0 Å². The van der Waals surface area contributed by atoms with Crippen LogP contribution >= 0.6 is 0 Å². The molecule has 2 rings (SSSR count). The van der Waals surface area contributed by atoms with Crippen molar-refractivity contribution >= 4 is 11.7 Å². The molecule has 0 aliphatic carbocycles. The van der Waals surface area contributed by atoms with Crippen molar-refractivity contribution in [2.75, 3.05) is 12.6 Å². The van der Waals surface area contributed by atoms with Gasteiger partial charge in [0.2, 0.25) is 0 Å². The number of pyridine rings is 1. The molecular formula is C16H15F3N2O3. The Morgan fingerprint density at radius 2 is 1.83 bits per heavy atom. The van der Waals surface area contributed by atoms with Crippen LogP contribution in [0.4, 0.5) is 18.9 Å². The van der Waals surface area contributed by atoms with Crippen molar-refractivity contribution in [2.45, 2.75) is 20.0 Å². The third-order valence-corrected chi connectivity index (χ3v) is 3.56. The number of esters is 1. The maximum atomic E-state index is 13.4. The van der Waals surface area contributed by atoms with Crippen LogP contribution in [0.5, 0.6) is 0 Å². The van der Waals surface area contributed by atoms with Crippen LogP contribution in [0.1, 0.15) is 27.3 Å². The van der Waals surface area contributed by atoms with Gasteiger partial charge in [0.1, 0.15) is 0 Å². The van der Waals surface area contributed by atoms with Gasteiger partial charge in [0.15, 0.2) is 0 Å². The van der Waals surface area contributed by atoms with Crippen LogP contribution in [-0.4, -0.2) is 23.3 Å². The molecule has 8 heteroatoms. The van der Waals surface area contributed by atoms with Crippen LogP contribution < -0.4 is 5.48 Å². The molecule has 24 heavy (non-hydrogen) atoms. The minimum atomic E-state index is -4.64. The first-order chi connectivity index (χ1) is 11.2. The number of hydrogen-bond acceptors (Lipinski definition) is 5. The number of ether oxygens (including phenoxy) is 1. The van der Waals surface area contributed by atoms with E-state index in [1.54, 1.807) is 0 Å². The smallest absolute Gasteiger partial charge is 0.417 e. The average Bonchev–Trinajstić information content (AvgIpc) is 2.52. The summed E-state index contributed by atoms with van der Waals surface area (Å²) in [6.45, 7) is 2.99. The fraction of sp³-hybridized carbons (Fsp3) is 0.250. The molecule has 128 valence electrons. The van der Waals surface area contributed by atoms with Gasteiger partial charge in [-0.05, 0) is 25.5 Å². The van der Waals surface area contributed by atoms with Crippen molar-refractivity contribution in [3.05, 3.63) is 46.8 Å². The fourth-order valence-electron chi connectivity index (χ4n) is 2.56. The van der Waals surface area contributed by atoms with Crippen molar-refractivity contribution in [1.82, 2.24) is 4.98 Å². The van der Waals surface area contributed by atoms with Crippen LogP contribution in [-0.2, 0) is 10.9 Å².